The number of benzene rings is 2. The molecule has 1 unspecified atom stereocenters. The number of hydrogen-bond donors (Lipinski definition) is 1. The molecule has 0 aliphatic heterocycles. The summed E-state index contributed by atoms with van der Waals surface area (Å²) in [6, 6.07) is 12.1. The van der Waals surface area contributed by atoms with Crippen molar-refractivity contribution in [3.63, 3.8) is 0 Å². The Labute approximate surface area is 141 Å². The van der Waals surface area contributed by atoms with Gasteiger partial charge in [-0.1, -0.05) is 41.9 Å². The van der Waals surface area contributed by atoms with Crippen LogP contribution in [-0.2, 0) is 4.79 Å². The number of amides is 1. The second kappa shape index (κ2) is 7.05. The molecule has 0 aliphatic carbocycles. The molecule has 0 radical (unpaired) electrons. The normalized spacial score (nSPS) is 12.5. The van der Waals surface area contributed by atoms with Crippen molar-refractivity contribution in [1.82, 2.24) is 0 Å². The molecule has 2 aromatic rings. The SMILES string of the molecule is CC(C(=O)Nc1ccc(Cl)cc1C(=O)C(F)(F)F)c1ccccc1. The van der Waals surface area contributed by atoms with E-state index in [9.17, 15) is 22.8 Å². The maximum Gasteiger partial charge on any atom is 0.454 e. The van der Waals surface area contributed by atoms with Gasteiger partial charge in [-0.3, -0.25) is 9.59 Å². The van der Waals surface area contributed by atoms with E-state index in [1.807, 2.05) is 0 Å². The Morgan fingerprint density at radius 3 is 2.29 bits per heavy atom. The number of nitrogens with one attached hydrogen (secondary N) is 1. The molecule has 1 amide bonds. The Kier molecular flexibility index (Phi) is 5.29. The van der Waals surface area contributed by atoms with Crippen LogP contribution < -0.4 is 5.32 Å². The summed E-state index contributed by atoms with van der Waals surface area (Å²) < 4.78 is 38.1. The van der Waals surface area contributed by atoms with Gasteiger partial charge in [-0.2, -0.15) is 13.2 Å². The Hall–Kier alpha value is -2.34. The van der Waals surface area contributed by atoms with Crippen LogP contribution in [0.2, 0.25) is 5.02 Å². The fourth-order valence-electron chi connectivity index (χ4n) is 2.10. The molecular formula is C17H13ClF3NO2. The molecule has 0 aliphatic rings. The van der Waals surface area contributed by atoms with Gasteiger partial charge in [-0.05, 0) is 30.7 Å². The van der Waals surface area contributed by atoms with Crippen LogP contribution in [0.1, 0.15) is 28.8 Å². The topological polar surface area (TPSA) is 46.2 Å². The Bertz CT molecular complexity index is 760. The smallest absolute Gasteiger partial charge is 0.325 e. The Morgan fingerprint density at radius 2 is 1.71 bits per heavy atom. The highest BCUT2D eigenvalue weighted by Crippen LogP contribution is 2.29. The van der Waals surface area contributed by atoms with Crippen LogP contribution in [0.4, 0.5) is 18.9 Å². The van der Waals surface area contributed by atoms with Crippen molar-refractivity contribution < 1.29 is 22.8 Å². The summed E-state index contributed by atoms with van der Waals surface area (Å²) >= 11 is 5.67. The van der Waals surface area contributed by atoms with E-state index < -0.39 is 29.3 Å². The molecule has 0 saturated carbocycles. The summed E-state index contributed by atoms with van der Waals surface area (Å²) in [5, 5.41) is 2.34. The molecule has 0 heterocycles. The highest BCUT2D eigenvalue weighted by molar-refractivity contribution is 6.31. The number of hydrogen-bond acceptors (Lipinski definition) is 2. The highest BCUT2D eigenvalue weighted by Gasteiger charge is 2.40. The van der Waals surface area contributed by atoms with Crippen molar-refractivity contribution >= 4 is 29.0 Å². The summed E-state index contributed by atoms with van der Waals surface area (Å²) in [5.74, 6) is -3.19. The number of Topliss-reactive ketones (excluding diaryl/α,β-unsaturated/α-hetero) is 1. The Balaban J connectivity index is 2.30. The van der Waals surface area contributed by atoms with Crippen molar-refractivity contribution in [3.8, 4) is 0 Å². The third kappa shape index (κ3) is 4.14. The number of carbonyl (C=O) groups excluding carboxylic acids is 2. The predicted molar refractivity (Wildman–Crippen MR) is 85.3 cm³/mol. The van der Waals surface area contributed by atoms with E-state index in [-0.39, 0.29) is 10.7 Å². The van der Waals surface area contributed by atoms with Crippen molar-refractivity contribution in [1.29, 1.82) is 0 Å². The first-order chi connectivity index (χ1) is 11.2. The number of ketones is 1. The van der Waals surface area contributed by atoms with E-state index in [4.69, 9.17) is 11.6 Å². The first kappa shape index (κ1) is 18.0. The van der Waals surface area contributed by atoms with E-state index in [2.05, 4.69) is 5.32 Å². The van der Waals surface area contributed by atoms with Crippen molar-refractivity contribution in [2.45, 2.75) is 19.0 Å². The van der Waals surface area contributed by atoms with Crippen LogP contribution in [0, 0.1) is 0 Å². The van der Waals surface area contributed by atoms with Gasteiger partial charge in [0.15, 0.2) is 0 Å². The lowest BCUT2D eigenvalue weighted by Gasteiger charge is -2.16. The summed E-state index contributed by atoms with van der Waals surface area (Å²) in [6.07, 6.45) is -5.06. The van der Waals surface area contributed by atoms with Crippen LogP contribution in [0.3, 0.4) is 0 Å². The molecule has 3 nitrogen and oxygen atoms in total. The molecule has 0 spiro atoms. The largest absolute Gasteiger partial charge is 0.454 e. The van der Waals surface area contributed by atoms with Crippen LogP contribution in [0.25, 0.3) is 0 Å². The van der Waals surface area contributed by atoms with Crippen LogP contribution in [-0.4, -0.2) is 17.9 Å². The van der Waals surface area contributed by atoms with E-state index in [0.29, 0.717) is 5.56 Å². The molecule has 1 atom stereocenters. The third-order valence-corrected chi connectivity index (χ3v) is 3.67. The van der Waals surface area contributed by atoms with Gasteiger partial charge < -0.3 is 5.32 Å². The highest BCUT2D eigenvalue weighted by atomic mass is 35.5. The molecule has 2 rings (SSSR count). The fraction of sp³-hybridized carbons (Fsp3) is 0.176. The molecule has 2 aromatic carbocycles. The van der Waals surface area contributed by atoms with E-state index in [1.165, 1.54) is 12.1 Å². The molecule has 126 valence electrons. The van der Waals surface area contributed by atoms with Gasteiger partial charge in [0.2, 0.25) is 5.91 Å². The second-order valence-corrected chi connectivity index (χ2v) is 5.57. The van der Waals surface area contributed by atoms with Crippen molar-refractivity contribution in [2.24, 2.45) is 0 Å². The molecule has 0 aromatic heterocycles. The predicted octanol–water partition coefficient (Wildman–Crippen LogP) is 4.83. The minimum absolute atomic E-state index is 0.0308. The summed E-state index contributed by atoms with van der Waals surface area (Å²) in [7, 11) is 0. The van der Waals surface area contributed by atoms with E-state index in [1.54, 1.807) is 37.3 Å². The Morgan fingerprint density at radius 1 is 1.08 bits per heavy atom. The van der Waals surface area contributed by atoms with Gasteiger partial charge >= 0.3 is 6.18 Å². The number of halogens is 4. The van der Waals surface area contributed by atoms with Gasteiger partial charge in [0.05, 0.1) is 17.2 Å². The lowest BCUT2D eigenvalue weighted by atomic mass is 10.00. The maximum atomic E-state index is 12.7. The van der Waals surface area contributed by atoms with E-state index in [0.717, 1.165) is 6.07 Å². The van der Waals surface area contributed by atoms with Gasteiger partial charge in [0, 0.05) is 5.02 Å². The summed E-state index contributed by atoms with van der Waals surface area (Å²) in [4.78, 5) is 23.8. The minimum atomic E-state index is -5.06. The summed E-state index contributed by atoms with van der Waals surface area (Å²) in [6.45, 7) is 1.62. The van der Waals surface area contributed by atoms with Gasteiger partial charge in [-0.25, -0.2) is 0 Å². The van der Waals surface area contributed by atoms with E-state index >= 15 is 0 Å². The van der Waals surface area contributed by atoms with Gasteiger partial charge in [0.25, 0.3) is 5.78 Å². The van der Waals surface area contributed by atoms with Crippen molar-refractivity contribution in [2.75, 3.05) is 5.32 Å². The van der Waals surface area contributed by atoms with Crippen LogP contribution in [0.5, 0.6) is 0 Å². The quantitative estimate of drug-likeness (QED) is 0.799. The third-order valence-electron chi connectivity index (χ3n) is 3.43. The molecule has 24 heavy (non-hydrogen) atoms. The first-order valence-corrected chi connectivity index (χ1v) is 7.35. The minimum Gasteiger partial charge on any atom is -0.325 e. The number of rotatable bonds is 4. The molecule has 0 bridgehead atoms. The molecule has 0 saturated heterocycles. The lowest BCUT2D eigenvalue weighted by Crippen LogP contribution is -2.26. The molecular weight excluding hydrogens is 343 g/mol. The van der Waals surface area contributed by atoms with Crippen molar-refractivity contribution in [3.05, 3.63) is 64.7 Å². The standard InChI is InChI=1S/C17H13ClF3NO2/c1-10(11-5-3-2-4-6-11)16(24)22-14-8-7-12(18)9-13(14)15(23)17(19,20)21/h2-10H,1H3,(H,22,24). The van der Waals surface area contributed by atoms with Crippen LogP contribution >= 0.6 is 11.6 Å². The maximum absolute atomic E-state index is 12.7. The first-order valence-electron chi connectivity index (χ1n) is 6.97. The second-order valence-electron chi connectivity index (χ2n) is 5.14. The van der Waals surface area contributed by atoms with Crippen LogP contribution in [0.15, 0.2) is 48.5 Å². The average molecular weight is 356 g/mol. The molecule has 0 fully saturated rings. The van der Waals surface area contributed by atoms with Gasteiger partial charge in [0.1, 0.15) is 0 Å². The summed E-state index contributed by atoms with van der Waals surface area (Å²) in [5.41, 5.74) is -0.217. The zero-order valence-electron chi connectivity index (χ0n) is 12.5. The average Bonchev–Trinajstić information content (AvgIpc) is 2.55. The zero-order valence-corrected chi connectivity index (χ0v) is 13.3. The molecule has 7 heteroatoms. The fourth-order valence-corrected chi connectivity index (χ4v) is 2.27. The van der Waals surface area contributed by atoms with Gasteiger partial charge in [-0.15, -0.1) is 0 Å². The number of alkyl halides is 3. The monoisotopic (exact) mass is 355 g/mol. The number of anilines is 1. The number of carbonyl (C=O) groups is 2. The lowest BCUT2D eigenvalue weighted by molar-refractivity contribution is -0.117. The molecule has 1 N–H and O–H groups in total. The zero-order chi connectivity index (χ0) is 17.9.